The number of imidazole rings is 1. The largest absolute Gasteiger partial charge is 0.374 e. The fourth-order valence-corrected chi connectivity index (χ4v) is 3.07. The summed E-state index contributed by atoms with van der Waals surface area (Å²) in [5.74, 6) is 0.0669. The van der Waals surface area contributed by atoms with Gasteiger partial charge >= 0.3 is 5.69 Å². The first-order valence-electron chi connectivity index (χ1n) is 7.59. The zero-order valence-corrected chi connectivity index (χ0v) is 13.0. The molecule has 0 spiro atoms. The fourth-order valence-electron chi connectivity index (χ4n) is 3.07. The Hall–Kier alpha value is -2.08. The second-order valence-corrected chi connectivity index (χ2v) is 6.23. The van der Waals surface area contributed by atoms with Crippen molar-refractivity contribution >= 4 is 16.9 Å². The molecule has 0 saturated carbocycles. The summed E-state index contributed by atoms with van der Waals surface area (Å²) in [5, 5.41) is 12.0. The average molecular weight is 303 g/mol. The van der Waals surface area contributed by atoms with Gasteiger partial charge in [-0.25, -0.2) is 4.79 Å². The van der Waals surface area contributed by atoms with E-state index in [0.29, 0.717) is 18.8 Å². The quantitative estimate of drug-likeness (QED) is 0.876. The van der Waals surface area contributed by atoms with Crippen LogP contribution >= 0.6 is 0 Å². The highest BCUT2D eigenvalue weighted by molar-refractivity contribution is 5.85. The number of aliphatic hydroxyl groups is 1. The molecule has 6 heteroatoms. The number of hydrogen-bond acceptors (Lipinski definition) is 3. The first-order chi connectivity index (χ1) is 10.4. The number of carbonyl (C=O) groups excluding carboxylic acids is 1. The number of hydrogen-bond donors (Lipinski definition) is 2. The summed E-state index contributed by atoms with van der Waals surface area (Å²) in [6.45, 7) is 4.21. The van der Waals surface area contributed by atoms with Crippen LogP contribution in [0.4, 0.5) is 0 Å². The van der Waals surface area contributed by atoms with E-state index in [1.807, 2.05) is 18.2 Å². The Bertz CT molecular complexity index is 788. The van der Waals surface area contributed by atoms with Gasteiger partial charge in [0.15, 0.2) is 0 Å². The minimum absolute atomic E-state index is 0.201. The molecule has 0 bridgehead atoms. The minimum Gasteiger partial charge on any atom is -0.374 e. The number of aromatic nitrogens is 2. The first kappa shape index (κ1) is 14.8. The van der Waals surface area contributed by atoms with Crippen LogP contribution in [0.3, 0.4) is 0 Å². The molecule has 1 saturated heterocycles. The normalized spacial score (nSPS) is 22.3. The van der Waals surface area contributed by atoms with Crippen molar-refractivity contribution < 1.29 is 9.90 Å². The third kappa shape index (κ3) is 2.23. The number of nitrogens with one attached hydrogen (secondary N) is 1. The molecule has 0 radical (unpaired) electrons. The van der Waals surface area contributed by atoms with Gasteiger partial charge in [0.2, 0.25) is 5.91 Å². The lowest BCUT2D eigenvalue weighted by atomic mass is 10.0. The summed E-state index contributed by atoms with van der Waals surface area (Å²) in [7, 11) is 1.72. The summed E-state index contributed by atoms with van der Waals surface area (Å²) in [6.07, 6.45) is 0.0864. The predicted octanol–water partition coefficient (Wildman–Crippen LogP) is 1.23. The van der Waals surface area contributed by atoms with Crippen molar-refractivity contribution in [1.29, 1.82) is 0 Å². The standard InChI is InChI=1S/C16H21N3O3/c1-9(2)10-4-5-11-13(8-10)18(3)16(22)19(11)12-6-7-14(20)17-15(12)21/h4-5,8-9,12,14,20H,6-7H2,1-3H3,(H,17,21)/t12-,14?/m0/s1. The molecule has 1 fully saturated rings. The lowest BCUT2D eigenvalue weighted by Gasteiger charge is -2.26. The molecule has 2 atom stereocenters. The third-order valence-electron chi connectivity index (χ3n) is 4.42. The number of carbonyl (C=O) groups is 1. The highest BCUT2D eigenvalue weighted by Gasteiger charge is 2.31. The van der Waals surface area contributed by atoms with Crippen LogP contribution in [0.15, 0.2) is 23.0 Å². The molecule has 1 aromatic carbocycles. The molecule has 2 aromatic rings. The number of nitrogens with zero attached hydrogens (tertiary/aromatic N) is 2. The maximum absolute atomic E-state index is 12.6. The van der Waals surface area contributed by atoms with Crippen LogP contribution in [0.5, 0.6) is 0 Å². The molecule has 1 unspecified atom stereocenters. The van der Waals surface area contributed by atoms with E-state index in [-0.39, 0.29) is 11.6 Å². The van der Waals surface area contributed by atoms with Crippen LogP contribution in [-0.2, 0) is 11.8 Å². The summed E-state index contributed by atoms with van der Waals surface area (Å²) >= 11 is 0. The van der Waals surface area contributed by atoms with Crippen LogP contribution in [0, 0.1) is 0 Å². The summed E-state index contributed by atoms with van der Waals surface area (Å²) in [4.78, 5) is 24.7. The van der Waals surface area contributed by atoms with Crippen LogP contribution in [0.25, 0.3) is 11.0 Å². The smallest absolute Gasteiger partial charge is 0.329 e. The molecule has 1 aliphatic rings. The number of amides is 1. The van der Waals surface area contributed by atoms with Gasteiger partial charge < -0.3 is 10.4 Å². The van der Waals surface area contributed by atoms with Crippen molar-refractivity contribution in [1.82, 2.24) is 14.5 Å². The van der Waals surface area contributed by atoms with Gasteiger partial charge in [0.05, 0.1) is 11.0 Å². The van der Waals surface area contributed by atoms with Gasteiger partial charge in [0.1, 0.15) is 12.3 Å². The van der Waals surface area contributed by atoms with E-state index >= 15 is 0 Å². The zero-order chi connectivity index (χ0) is 16.0. The van der Waals surface area contributed by atoms with E-state index < -0.39 is 12.3 Å². The maximum atomic E-state index is 12.6. The second kappa shape index (κ2) is 5.28. The summed E-state index contributed by atoms with van der Waals surface area (Å²) in [5.41, 5.74) is 2.54. The van der Waals surface area contributed by atoms with E-state index in [1.54, 1.807) is 16.2 Å². The van der Waals surface area contributed by atoms with Crippen molar-refractivity contribution in [2.75, 3.05) is 0 Å². The average Bonchev–Trinajstić information content (AvgIpc) is 2.71. The lowest BCUT2D eigenvalue weighted by Crippen LogP contribution is -2.46. The van der Waals surface area contributed by atoms with E-state index in [4.69, 9.17) is 0 Å². The SMILES string of the molecule is CC(C)c1ccc2c(c1)n(C)c(=O)n2[C@H]1CCC(O)NC1=O. The molecule has 1 aromatic heterocycles. The topological polar surface area (TPSA) is 76.3 Å². The van der Waals surface area contributed by atoms with Gasteiger partial charge in [-0.15, -0.1) is 0 Å². The van der Waals surface area contributed by atoms with Gasteiger partial charge in [-0.3, -0.25) is 13.9 Å². The Kier molecular flexibility index (Phi) is 3.56. The molecule has 3 rings (SSSR count). The molecule has 22 heavy (non-hydrogen) atoms. The fraction of sp³-hybridized carbons (Fsp3) is 0.500. The molecular weight excluding hydrogens is 282 g/mol. The van der Waals surface area contributed by atoms with Gasteiger partial charge in [0.25, 0.3) is 0 Å². The summed E-state index contributed by atoms with van der Waals surface area (Å²) in [6, 6.07) is 5.35. The molecule has 6 nitrogen and oxygen atoms in total. The number of aryl methyl sites for hydroxylation is 1. The Balaban J connectivity index is 2.16. The van der Waals surface area contributed by atoms with Crippen molar-refractivity contribution in [2.24, 2.45) is 7.05 Å². The Morgan fingerprint density at radius 2 is 1.95 bits per heavy atom. The monoisotopic (exact) mass is 303 g/mol. The molecule has 1 aliphatic heterocycles. The number of fused-ring (bicyclic) bond motifs is 1. The highest BCUT2D eigenvalue weighted by atomic mass is 16.3. The van der Waals surface area contributed by atoms with Crippen molar-refractivity contribution in [2.45, 2.75) is 44.9 Å². The highest BCUT2D eigenvalue weighted by Crippen LogP contribution is 2.26. The number of piperidine rings is 1. The third-order valence-corrected chi connectivity index (χ3v) is 4.42. The van der Waals surface area contributed by atoms with Crippen LogP contribution < -0.4 is 11.0 Å². The van der Waals surface area contributed by atoms with Crippen molar-refractivity contribution in [3.8, 4) is 0 Å². The van der Waals surface area contributed by atoms with Gasteiger partial charge in [0, 0.05) is 7.05 Å². The molecule has 0 aliphatic carbocycles. The van der Waals surface area contributed by atoms with Gasteiger partial charge in [-0.05, 0) is 36.5 Å². The van der Waals surface area contributed by atoms with E-state index in [1.165, 1.54) is 0 Å². The Labute approximate surface area is 128 Å². The van der Waals surface area contributed by atoms with E-state index in [2.05, 4.69) is 19.2 Å². The second-order valence-electron chi connectivity index (χ2n) is 6.23. The number of benzene rings is 1. The van der Waals surface area contributed by atoms with Gasteiger partial charge in [-0.2, -0.15) is 0 Å². The molecule has 2 heterocycles. The first-order valence-corrected chi connectivity index (χ1v) is 7.59. The van der Waals surface area contributed by atoms with Crippen LogP contribution in [-0.4, -0.2) is 26.4 Å². The predicted molar refractivity (Wildman–Crippen MR) is 83.7 cm³/mol. The minimum atomic E-state index is -0.818. The number of rotatable bonds is 2. The molecular formula is C16H21N3O3. The number of aliphatic hydroxyl groups excluding tert-OH is 1. The summed E-state index contributed by atoms with van der Waals surface area (Å²) < 4.78 is 3.13. The maximum Gasteiger partial charge on any atom is 0.329 e. The lowest BCUT2D eigenvalue weighted by molar-refractivity contribution is -0.130. The van der Waals surface area contributed by atoms with E-state index in [0.717, 1.165) is 16.6 Å². The van der Waals surface area contributed by atoms with Crippen LogP contribution in [0.1, 0.15) is 44.2 Å². The van der Waals surface area contributed by atoms with Crippen molar-refractivity contribution in [3.05, 3.63) is 34.2 Å². The van der Waals surface area contributed by atoms with Gasteiger partial charge in [-0.1, -0.05) is 19.9 Å². The Morgan fingerprint density at radius 3 is 2.59 bits per heavy atom. The van der Waals surface area contributed by atoms with Crippen molar-refractivity contribution in [3.63, 3.8) is 0 Å². The Morgan fingerprint density at radius 1 is 1.23 bits per heavy atom. The van der Waals surface area contributed by atoms with E-state index in [9.17, 15) is 14.7 Å². The zero-order valence-electron chi connectivity index (χ0n) is 13.0. The molecule has 118 valence electrons. The molecule has 1 amide bonds. The van der Waals surface area contributed by atoms with Crippen LogP contribution in [0.2, 0.25) is 0 Å². The molecule has 2 N–H and O–H groups in total.